The standard InChI is InChI=1S/C31H50O/c1-3-5-7-9-26-10-12-27(13-11-26)14-15-28-16-18-29(19-17-28)30-20-23-31(25-32,24-21-30)22-8-6-4-2/h16-19,25-27,30H,3-15,20-24H2,1-2H3. The first-order valence-corrected chi connectivity index (χ1v) is 14.2. The summed E-state index contributed by atoms with van der Waals surface area (Å²) >= 11 is 0. The summed E-state index contributed by atoms with van der Waals surface area (Å²) in [5.41, 5.74) is 3.02. The molecule has 3 rings (SSSR count). The smallest absolute Gasteiger partial charge is 0.126 e. The molecule has 0 N–H and O–H groups in total. The number of rotatable bonds is 13. The minimum absolute atomic E-state index is 0.0133. The van der Waals surface area contributed by atoms with Crippen LogP contribution in [-0.2, 0) is 11.2 Å². The molecule has 1 aromatic carbocycles. The summed E-state index contributed by atoms with van der Waals surface area (Å²) < 4.78 is 0. The van der Waals surface area contributed by atoms with E-state index in [1.165, 1.54) is 114 Å². The number of hydrogen-bond acceptors (Lipinski definition) is 1. The van der Waals surface area contributed by atoms with Crippen LogP contribution in [0.15, 0.2) is 24.3 Å². The molecule has 0 atom stereocenters. The Hall–Kier alpha value is -1.11. The molecule has 180 valence electrons. The summed E-state index contributed by atoms with van der Waals surface area (Å²) in [4.78, 5) is 11.8. The fourth-order valence-corrected chi connectivity index (χ4v) is 6.50. The summed E-state index contributed by atoms with van der Waals surface area (Å²) in [6.07, 6.45) is 24.9. The molecule has 0 spiro atoms. The molecule has 2 aliphatic rings. The van der Waals surface area contributed by atoms with Crippen LogP contribution in [0.5, 0.6) is 0 Å². The fraction of sp³-hybridized carbons (Fsp3) is 0.774. The van der Waals surface area contributed by atoms with Gasteiger partial charge in [0.2, 0.25) is 0 Å². The van der Waals surface area contributed by atoms with Gasteiger partial charge in [0.1, 0.15) is 6.29 Å². The van der Waals surface area contributed by atoms with E-state index in [0.29, 0.717) is 5.92 Å². The average Bonchev–Trinajstić information content (AvgIpc) is 2.85. The number of benzene rings is 1. The zero-order valence-corrected chi connectivity index (χ0v) is 21.3. The molecular formula is C31H50O. The summed E-state index contributed by atoms with van der Waals surface area (Å²) in [6, 6.07) is 9.59. The maximum Gasteiger partial charge on any atom is 0.126 e. The lowest BCUT2D eigenvalue weighted by Gasteiger charge is -2.36. The highest BCUT2D eigenvalue weighted by molar-refractivity contribution is 5.59. The maximum absolute atomic E-state index is 11.8. The van der Waals surface area contributed by atoms with Crippen LogP contribution in [0.1, 0.15) is 140 Å². The topological polar surface area (TPSA) is 17.1 Å². The Morgan fingerprint density at radius 1 is 0.781 bits per heavy atom. The number of carbonyl (C=O) groups is 1. The second kappa shape index (κ2) is 13.6. The largest absolute Gasteiger partial charge is 0.303 e. The van der Waals surface area contributed by atoms with E-state index in [4.69, 9.17) is 0 Å². The van der Waals surface area contributed by atoms with Crippen molar-refractivity contribution in [3.63, 3.8) is 0 Å². The van der Waals surface area contributed by atoms with E-state index >= 15 is 0 Å². The predicted molar refractivity (Wildman–Crippen MR) is 138 cm³/mol. The molecule has 1 aromatic rings. The molecule has 0 aliphatic heterocycles. The maximum atomic E-state index is 11.8. The second-order valence-corrected chi connectivity index (χ2v) is 11.4. The molecule has 1 nitrogen and oxygen atoms in total. The van der Waals surface area contributed by atoms with Gasteiger partial charge in [-0.15, -0.1) is 0 Å². The molecule has 0 radical (unpaired) electrons. The van der Waals surface area contributed by atoms with Crippen molar-refractivity contribution in [1.29, 1.82) is 0 Å². The van der Waals surface area contributed by atoms with Crippen LogP contribution >= 0.6 is 0 Å². The zero-order chi connectivity index (χ0) is 22.7. The normalized spacial score (nSPS) is 28.5. The lowest BCUT2D eigenvalue weighted by molar-refractivity contribution is -0.118. The van der Waals surface area contributed by atoms with Gasteiger partial charge in [0.25, 0.3) is 0 Å². The van der Waals surface area contributed by atoms with Gasteiger partial charge in [-0.05, 0) is 73.8 Å². The Balaban J connectivity index is 1.38. The van der Waals surface area contributed by atoms with Crippen LogP contribution in [0.3, 0.4) is 0 Å². The third-order valence-corrected chi connectivity index (χ3v) is 8.98. The molecular weight excluding hydrogens is 388 g/mol. The summed E-state index contributed by atoms with van der Waals surface area (Å²) in [5, 5.41) is 0. The van der Waals surface area contributed by atoms with Crippen molar-refractivity contribution in [2.75, 3.05) is 0 Å². The van der Waals surface area contributed by atoms with Crippen molar-refractivity contribution in [2.45, 2.75) is 135 Å². The number of unbranched alkanes of at least 4 members (excludes halogenated alkanes) is 4. The van der Waals surface area contributed by atoms with E-state index in [9.17, 15) is 4.79 Å². The van der Waals surface area contributed by atoms with Gasteiger partial charge in [-0.1, -0.05) is 109 Å². The fourth-order valence-electron chi connectivity index (χ4n) is 6.50. The number of aldehydes is 1. The van der Waals surface area contributed by atoms with Crippen LogP contribution in [0.25, 0.3) is 0 Å². The lowest BCUT2D eigenvalue weighted by Crippen LogP contribution is -2.28. The molecule has 2 aliphatic carbocycles. The minimum atomic E-state index is -0.0133. The molecule has 0 bridgehead atoms. The summed E-state index contributed by atoms with van der Waals surface area (Å²) in [6.45, 7) is 4.56. The van der Waals surface area contributed by atoms with E-state index in [2.05, 4.69) is 38.1 Å². The SMILES string of the molecule is CCCCCC1CCC(CCc2ccc(C3CCC(C=O)(CCCCC)CC3)cc2)CC1. The van der Waals surface area contributed by atoms with Gasteiger partial charge >= 0.3 is 0 Å². The molecule has 32 heavy (non-hydrogen) atoms. The highest BCUT2D eigenvalue weighted by Gasteiger charge is 2.35. The van der Waals surface area contributed by atoms with Crippen LogP contribution in [0.4, 0.5) is 0 Å². The van der Waals surface area contributed by atoms with Gasteiger partial charge in [0, 0.05) is 5.41 Å². The second-order valence-electron chi connectivity index (χ2n) is 11.4. The molecule has 0 unspecified atom stereocenters. The van der Waals surface area contributed by atoms with Crippen LogP contribution in [0, 0.1) is 17.3 Å². The summed E-state index contributed by atoms with van der Waals surface area (Å²) in [7, 11) is 0. The first-order chi connectivity index (χ1) is 15.7. The monoisotopic (exact) mass is 438 g/mol. The first kappa shape index (κ1) is 25.5. The van der Waals surface area contributed by atoms with Crippen molar-refractivity contribution in [3.05, 3.63) is 35.4 Å². The van der Waals surface area contributed by atoms with E-state index in [-0.39, 0.29) is 5.41 Å². The summed E-state index contributed by atoms with van der Waals surface area (Å²) in [5.74, 6) is 2.64. The van der Waals surface area contributed by atoms with Gasteiger partial charge in [0.15, 0.2) is 0 Å². The number of aryl methyl sites for hydroxylation is 1. The molecule has 0 aromatic heterocycles. The third-order valence-electron chi connectivity index (χ3n) is 8.98. The highest BCUT2D eigenvalue weighted by atomic mass is 16.1. The van der Waals surface area contributed by atoms with E-state index in [1.807, 2.05) is 0 Å². The van der Waals surface area contributed by atoms with Crippen molar-refractivity contribution in [1.82, 2.24) is 0 Å². The Bertz CT molecular complexity index is 629. The highest BCUT2D eigenvalue weighted by Crippen LogP contribution is 2.45. The van der Waals surface area contributed by atoms with Gasteiger partial charge in [0.05, 0.1) is 0 Å². The van der Waals surface area contributed by atoms with Crippen molar-refractivity contribution in [2.24, 2.45) is 17.3 Å². The number of hydrogen-bond donors (Lipinski definition) is 0. The molecule has 1 heteroatoms. The lowest BCUT2D eigenvalue weighted by atomic mass is 9.67. The molecule has 0 amide bonds. The van der Waals surface area contributed by atoms with Crippen molar-refractivity contribution < 1.29 is 4.79 Å². The van der Waals surface area contributed by atoms with E-state index in [1.54, 1.807) is 0 Å². The van der Waals surface area contributed by atoms with Gasteiger partial charge in [-0.2, -0.15) is 0 Å². The predicted octanol–water partition coefficient (Wildman–Crippen LogP) is 9.43. The Morgan fingerprint density at radius 2 is 1.38 bits per heavy atom. The van der Waals surface area contributed by atoms with E-state index in [0.717, 1.165) is 31.1 Å². The molecule has 2 fully saturated rings. The average molecular weight is 439 g/mol. The Morgan fingerprint density at radius 3 is 1.97 bits per heavy atom. The minimum Gasteiger partial charge on any atom is -0.303 e. The molecule has 0 heterocycles. The zero-order valence-electron chi connectivity index (χ0n) is 21.3. The van der Waals surface area contributed by atoms with Crippen molar-refractivity contribution in [3.8, 4) is 0 Å². The van der Waals surface area contributed by atoms with Crippen molar-refractivity contribution >= 4 is 6.29 Å². The van der Waals surface area contributed by atoms with Gasteiger partial charge < -0.3 is 4.79 Å². The van der Waals surface area contributed by atoms with Gasteiger partial charge in [-0.25, -0.2) is 0 Å². The van der Waals surface area contributed by atoms with Crippen LogP contribution < -0.4 is 0 Å². The number of carbonyl (C=O) groups excluding carboxylic acids is 1. The van der Waals surface area contributed by atoms with E-state index < -0.39 is 0 Å². The Kier molecular flexibility index (Phi) is 10.8. The van der Waals surface area contributed by atoms with Crippen LogP contribution in [-0.4, -0.2) is 6.29 Å². The van der Waals surface area contributed by atoms with Gasteiger partial charge in [-0.3, -0.25) is 0 Å². The Labute approximate surface area is 199 Å². The third kappa shape index (κ3) is 7.74. The quantitative estimate of drug-likeness (QED) is 0.221. The molecule has 0 saturated heterocycles. The first-order valence-electron chi connectivity index (χ1n) is 14.2. The van der Waals surface area contributed by atoms with Crippen LogP contribution in [0.2, 0.25) is 0 Å². The molecule has 2 saturated carbocycles.